The normalized spacial score (nSPS) is 27.0. The van der Waals surface area contributed by atoms with Crippen LogP contribution in [0.2, 0.25) is 0 Å². The Morgan fingerprint density at radius 1 is 1.20 bits per heavy atom. The van der Waals surface area contributed by atoms with E-state index < -0.39 is 0 Å². The maximum atomic E-state index is 2.55. The second kappa shape index (κ2) is 7.66. The van der Waals surface area contributed by atoms with E-state index >= 15 is 0 Å². The van der Waals surface area contributed by atoms with E-state index in [0.29, 0.717) is 0 Å². The summed E-state index contributed by atoms with van der Waals surface area (Å²) in [6.07, 6.45) is 4.14. The largest absolute Gasteiger partial charge is 1.00 e. The van der Waals surface area contributed by atoms with Crippen molar-refractivity contribution in [3.63, 3.8) is 0 Å². The highest BCUT2D eigenvalue weighted by Gasteiger charge is 2.28. The number of hydrogen-bond acceptors (Lipinski definition) is 1. The zero-order chi connectivity index (χ0) is 10.1. The molecule has 94 valence electrons. The molecule has 0 bridgehead atoms. The van der Waals surface area contributed by atoms with E-state index in [4.69, 9.17) is 0 Å². The molecule has 15 heavy (non-hydrogen) atoms. The molecule has 1 aliphatic rings. The standard InChI is InChI=1S/C11H25N2.2HI/c1-10-6-7-11(12(10)2)8-9-13(3,4)5;;/h10-11H,6-9H2,1-5H3;2*1H/q+1;;/p-1. The van der Waals surface area contributed by atoms with Crippen LogP contribution in [-0.4, -0.2) is 56.2 Å². The van der Waals surface area contributed by atoms with Crippen LogP contribution in [0.15, 0.2) is 0 Å². The van der Waals surface area contributed by atoms with Crippen LogP contribution in [0.3, 0.4) is 0 Å². The first-order chi connectivity index (χ1) is 5.90. The summed E-state index contributed by atoms with van der Waals surface area (Å²) in [6, 6.07) is 1.64. The van der Waals surface area contributed by atoms with Gasteiger partial charge in [-0.1, -0.05) is 0 Å². The number of rotatable bonds is 3. The van der Waals surface area contributed by atoms with Gasteiger partial charge in [0.15, 0.2) is 0 Å². The lowest BCUT2D eigenvalue weighted by Crippen LogP contribution is -3.00. The van der Waals surface area contributed by atoms with Crippen LogP contribution in [0.5, 0.6) is 0 Å². The van der Waals surface area contributed by atoms with Crippen molar-refractivity contribution in [1.29, 1.82) is 0 Å². The van der Waals surface area contributed by atoms with Gasteiger partial charge in [-0.05, 0) is 26.8 Å². The molecule has 2 nitrogen and oxygen atoms in total. The topological polar surface area (TPSA) is 3.24 Å². The fourth-order valence-electron chi connectivity index (χ4n) is 2.09. The Labute approximate surface area is 129 Å². The molecule has 2 atom stereocenters. The van der Waals surface area contributed by atoms with Gasteiger partial charge in [0, 0.05) is 18.5 Å². The minimum Gasteiger partial charge on any atom is -1.00 e. The van der Waals surface area contributed by atoms with Crippen molar-refractivity contribution >= 4 is 24.0 Å². The molecule has 0 aliphatic carbocycles. The number of likely N-dealkylation sites (tertiary alicyclic amines) is 1. The van der Waals surface area contributed by atoms with E-state index in [-0.39, 0.29) is 48.0 Å². The van der Waals surface area contributed by atoms with Crippen molar-refractivity contribution in [3.8, 4) is 0 Å². The van der Waals surface area contributed by atoms with E-state index in [1.54, 1.807) is 0 Å². The van der Waals surface area contributed by atoms with Gasteiger partial charge in [-0.25, -0.2) is 0 Å². The molecule has 1 fully saturated rings. The molecule has 1 aliphatic heterocycles. The predicted molar refractivity (Wildman–Crippen MR) is 73.2 cm³/mol. The van der Waals surface area contributed by atoms with E-state index in [2.05, 4.69) is 40.0 Å². The van der Waals surface area contributed by atoms with Crippen molar-refractivity contribution in [2.24, 2.45) is 0 Å². The molecule has 0 amide bonds. The molecule has 0 aromatic carbocycles. The summed E-state index contributed by atoms with van der Waals surface area (Å²) < 4.78 is 1.10. The fourth-order valence-corrected chi connectivity index (χ4v) is 2.09. The van der Waals surface area contributed by atoms with Crippen molar-refractivity contribution in [3.05, 3.63) is 0 Å². The minimum atomic E-state index is 0. The maximum Gasteiger partial charge on any atom is 0.0795 e. The lowest BCUT2D eigenvalue weighted by atomic mass is 10.1. The van der Waals surface area contributed by atoms with Gasteiger partial charge in [-0.3, -0.25) is 0 Å². The Morgan fingerprint density at radius 2 is 1.73 bits per heavy atom. The van der Waals surface area contributed by atoms with Crippen LogP contribution in [0.1, 0.15) is 26.2 Å². The predicted octanol–water partition coefficient (Wildman–Crippen LogP) is -0.813. The third-order valence-electron chi connectivity index (χ3n) is 3.32. The molecule has 0 radical (unpaired) electrons. The second-order valence-corrected chi connectivity index (χ2v) is 5.55. The Hall–Kier alpha value is 1.38. The Morgan fingerprint density at radius 3 is 2.07 bits per heavy atom. The molecule has 1 saturated heterocycles. The lowest BCUT2D eigenvalue weighted by Gasteiger charge is -2.28. The van der Waals surface area contributed by atoms with E-state index in [1.807, 2.05) is 0 Å². The number of quaternary nitrogens is 1. The molecule has 4 heteroatoms. The van der Waals surface area contributed by atoms with Gasteiger partial charge in [0.2, 0.25) is 0 Å². The highest BCUT2D eigenvalue weighted by molar-refractivity contribution is 14.0. The van der Waals surface area contributed by atoms with Gasteiger partial charge < -0.3 is 33.4 Å². The van der Waals surface area contributed by atoms with E-state index in [1.165, 1.54) is 25.8 Å². The zero-order valence-corrected chi connectivity index (χ0v) is 15.2. The van der Waals surface area contributed by atoms with Crippen molar-refractivity contribution in [1.82, 2.24) is 4.90 Å². The first-order valence-electron chi connectivity index (χ1n) is 5.42. The van der Waals surface area contributed by atoms with Crippen LogP contribution in [0, 0.1) is 0 Å². The average molecular weight is 440 g/mol. The summed E-state index contributed by atoms with van der Waals surface area (Å²) in [5.74, 6) is 0. The highest BCUT2D eigenvalue weighted by atomic mass is 127. The molecule has 1 heterocycles. The number of hydrogen-bond donors (Lipinski definition) is 0. The molecule has 1 rings (SSSR count). The summed E-state index contributed by atoms with van der Waals surface area (Å²) >= 11 is 0. The van der Waals surface area contributed by atoms with Gasteiger partial charge in [0.1, 0.15) is 0 Å². The third kappa shape index (κ3) is 6.63. The zero-order valence-electron chi connectivity index (χ0n) is 10.7. The van der Waals surface area contributed by atoms with Gasteiger partial charge in [0.25, 0.3) is 0 Å². The monoisotopic (exact) mass is 440 g/mol. The van der Waals surface area contributed by atoms with Gasteiger partial charge in [0.05, 0.1) is 27.7 Å². The molecule has 0 aromatic rings. The highest BCUT2D eigenvalue weighted by Crippen LogP contribution is 2.24. The Balaban J connectivity index is 0. The minimum absolute atomic E-state index is 0. The quantitative estimate of drug-likeness (QED) is 0.410. The first-order valence-corrected chi connectivity index (χ1v) is 5.42. The third-order valence-corrected chi connectivity index (χ3v) is 3.32. The average Bonchev–Trinajstić information content (AvgIpc) is 2.29. The van der Waals surface area contributed by atoms with E-state index in [9.17, 15) is 0 Å². The molecule has 0 saturated carbocycles. The second-order valence-electron chi connectivity index (χ2n) is 5.55. The Bertz CT molecular complexity index is 168. The summed E-state index contributed by atoms with van der Waals surface area (Å²) in [6.45, 7) is 3.63. The number of nitrogens with zero attached hydrogens (tertiary/aromatic N) is 2. The number of halogens is 2. The molecule has 0 N–H and O–H groups in total. The van der Waals surface area contributed by atoms with Crippen molar-refractivity contribution in [2.45, 2.75) is 38.3 Å². The maximum absolute atomic E-state index is 2.55. The van der Waals surface area contributed by atoms with Crippen molar-refractivity contribution < 1.29 is 28.5 Å². The van der Waals surface area contributed by atoms with Gasteiger partial charge >= 0.3 is 0 Å². The SMILES string of the molecule is CC1CCC(CC[N+](C)(C)C)N1C.I.[I-]. The first kappa shape index (κ1) is 18.7. The van der Waals surface area contributed by atoms with E-state index in [0.717, 1.165) is 16.6 Å². The smallest absolute Gasteiger partial charge is 0.0795 e. The Kier molecular flexibility index (Phi) is 9.56. The van der Waals surface area contributed by atoms with Crippen LogP contribution < -0.4 is 24.0 Å². The molecular formula is C11H26I2N2. The molecule has 0 spiro atoms. The molecular weight excluding hydrogens is 414 g/mol. The summed E-state index contributed by atoms with van der Waals surface area (Å²) in [5, 5.41) is 0. The summed E-state index contributed by atoms with van der Waals surface area (Å²) in [7, 11) is 9.10. The van der Waals surface area contributed by atoms with Crippen LogP contribution >= 0.6 is 24.0 Å². The van der Waals surface area contributed by atoms with Crippen LogP contribution in [0.4, 0.5) is 0 Å². The lowest BCUT2D eigenvalue weighted by molar-refractivity contribution is -0.870. The fraction of sp³-hybridized carbons (Fsp3) is 1.00. The van der Waals surface area contributed by atoms with Crippen LogP contribution in [0.25, 0.3) is 0 Å². The summed E-state index contributed by atoms with van der Waals surface area (Å²) in [4.78, 5) is 2.55. The van der Waals surface area contributed by atoms with Crippen molar-refractivity contribution in [2.75, 3.05) is 34.7 Å². The van der Waals surface area contributed by atoms with Gasteiger partial charge in [-0.15, -0.1) is 24.0 Å². The van der Waals surface area contributed by atoms with Crippen LogP contribution in [-0.2, 0) is 0 Å². The summed E-state index contributed by atoms with van der Waals surface area (Å²) in [5.41, 5.74) is 0. The molecule has 2 unspecified atom stereocenters. The molecule has 0 aromatic heterocycles. The van der Waals surface area contributed by atoms with Gasteiger partial charge in [-0.2, -0.15) is 0 Å².